The topological polar surface area (TPSA) is 106 Å². The Morgan fingerprint density at radius 3 is 2.56 bits per heavy atom. The van der Waals surface area contributed by atoms with Crippen LogP contribution in [0, 0.1) is 11.3 Å². The van der Waals surface area contributed by atoms with Gasteiger partial charge in [0.15, 0.2) is 0 Å². The first kappa shape index (κ1) is 27.1. The number of hydrogen-bond acceptors (Lipinski definition) is 4. The van der Waals surface area contributed by atoms with Gasteiger partial charge >= 0.3 is 0 Å². The van der Waals surface area contributed by atoms with Crippen molar-refractivity contribution >= 4 is 44.3 Å². The van der Waals surface area contributed by atoms with E-state index in [9.17, 15) is 13.2 Å². The van der Waals surface area contributed by atoms with E-state index in [2.05, 4.69) is 53.3 Å². The number of aromatic nitrogens is 1. The maximum atomic E-state index is 13.2. The largest absolute Gasteiger partial charge is 0.360 e. The lowest BCUT2D eigenvalue weighted by Gasteiger charge is -2.43. The number of fused-ring (bicyclic) bond motifs is 1. The molecule has 0 spiro atoms. The third-order valence-corrected chi connectivity index (χ3v) is 9.35. The van der Waals surface area contributed by atoms with Crippen LogP contribution in [-0.2, 0) is 15.3 Å². The summed E-state index contributed by atoms with van der Waals surface area (Å²) in [6.45, 7) is 2.25. The van der Waals surface area contributed by atoms with Crippen LogP contribution in [0.5, 0.6) is 0 Å². The molecule has 1 aliphatic heterocycles. The Morgan fingerprint density at radius 1 is 1.18 bits per heavy atom. The van der Waals surface area contributed by atoms with Crippen LogP contribution >= 0.6 is 0 Å². The average Bonchev–Trinajstić information content (AvgIpc) is 3.23. The second-order valence-corrected chi connectivity index (χ2v) is 13.2. The van der Waals surface area contributed by atoms with Gasteiger partial charge in [-0.1, -0.05) is 55.8 Å². The molecule has 1 amide bonds. The molecule has 2 aromatic carbocycles. The number of sulfone groups is 1. The van der Waals surface area contributed by atoms with Crippen LogP contribution in [0.1, 0.15) is 66.1 Å². The van der Waals surface area contributed by atoms with Crippen molar-refractivity contribution in [3.8, 4) is 0 Å². The van der Waals surface area contributed by atoms with Gasteiger partial charge < -0.3 is 9.88 Å². The number of nitrogens with zero attached hydrogens (tertiary/aromatic N) is 2. The quantitative estimate of drug-likeness (QED) is 0.385. The van der Waals surface area contributed by atoms with E-state index in [0.29, 0.717) is 11.4 Å². The second kappa shape index (κ2) is 10.6. The molecule has 7 nitrogen and oxygen atoms in total. The fraction of sp³-hybridized carbons (Fsp3) is 0.387. The third-order valence-electron chi connectivity index (χ3n) is 8.43. The van der Waals surface area contributed by atoms with E-state index in [4.69, 9.17) is 5.41 Å². The van der Waals surface area contributed by atoms with Crippen LogP contribution in [0.3, 0.4) is 0 Å². The lowest BCUT2D eigenvalue weighted by atomic mass is 9.60. The number of nitrogens with one attached hydrogen (secondary N) is 2. The number of benzene rings is 2. The molecule has 2 N–H and O–H groups in total. The molecule has 204 valence electrons. The number of hydrogen-bond donors (Lipinski definition) is 2. The fourth-order valence-corrected chi connectivity index (χ4v) is 6.40. The minimum Gasteiger partial charge on any atom is -0.360 e. The van der Waals surface area contributed by atoms with Gasteiger partial charge in [0, 0.05) is 49.0 Å². The summed E-state index contributed by atoms with van der Waals surface area (Å²) in [5.41, 5.74) is 5.83. The molecule has 2 heterocycles. The zero-order valence-corrected chi connectivity index (χ0v) is 23.6. The first-order chi connectivity index (χ1) is 18.6. The van der Waals surface area contributed by atoms with E-state index in [1.807, 2.05) is 18.5 Å². The molecule has 1 fully saturated rings. The molecule has 5 rings (SSSR count). The number of aromatic amines is 1. The van der Waals surface area contributed by atoms with E-state index < -0.39 is 9.84 Å². The summed E-state index contributed by atoms with van der Waals surface area (Å²) in [5.74, 6) is 0.369. The molecular formula is C31H36N4O3S. The van der Waals surface area contributed by atoms with Gasteiger partial charge in [0.05, 0.1) is 16.8 Å². The predicted octanol–water partition coefficient (Wildman–Crippen LogP) is 5.62. The highest BCUT2D eigenvalue weighted by molar-refractivity contribution is 7.90. The highest BCUT2D eigenvalue weighted by atomic mass is 32.2. The average molecular weight is 545 g/mol. The van der Waals surface area contributed by atoms with Crippen molar-refractivity contribution < 1.29 is 13.2 Å². The highest BCUT2D eigenvalue weighted by Crippen LogP contribution is 2.51. The van der Waals surface area contributed by atoms with E-state index in [1.165, 1.54) is 22.3 Å². The first-order valence-electron chi connectivity index (χ1n) is 13.6. The molecule has 39 heavy (non-hydrogen) atoms. The number of carbonyl (C=O) groups is 1. The van der Waals surface area contributed by atoms with Crippen molar-refractivity contribution in [1.29, 1.82) is 5.41 Å². The summed E-state index contributed by atoms with van der Waals surface area (Å²) in [5, 5.41) is 9.19. The summed E-state index contributed by atoms with van der Waals surface area (Å²) < 4.78 is 23.2. The van der Waals surface area contributed by atoms with Crippen LogP contribution < -0.4 is 0 Å². The molecule has 3 aromatic rings. The van der Waals surface area contributed by atoms with Crippen molar-refractivity contribution in [2.75, 3.05) is 25.6 Å². The maximum absolute atomic E-state index is 13.2. The number of para-hydroxylation sites is 1. The van der Waals surface area contributed by atoms with Gasteiger partial charge in [0.1, 0.15) is 15.7 Å². The summed E-state index contributed by atoms with van der Waals surface area (Å²) in [6.07, 6.45) is 12.2. The predicted molar refractivity (Wildman–Crippen MR) is 159 cm³/mol. The third kappa shape index (κ3) is 5.22. The Balaban J connectivity index is 1.44. The molecule has 1 aliphatic carbocycles. The van der Waals surface area contributed by atoms with Gasteiger partial charge in [0.25, 0.3) is 5.91 Å². The van der Waals surface area contributed by atoms with E-state index in [0.717, 1.165) is 54.1 Å². The van der Waals surface area contributed by atoms with Gasteiger partial charge in [-0.25, -0.2) is 13.4 Å². The van der Waals surface area contributed by atoms with Crippen molar-refractivity contribution in [2.45, 2.75) is 44.4 Å². The monoisotopic (exact) mass is 544 g/mol. The number of amidine groups is 1. The molecular weight excluding hydrogens is 508 g/mol. The Kier molecular flexibility index (Phi) is 7.33. The van der Waals surface area contributed by atoms with E-state index in [1.54, 1.807) is 13.1 Å². The molecule has 1 saturated carbocycles. The lowest BCUT2D eigenvalue weighted by Crippen LogP contribution is -2.35. The number of aliphatic imine (C=N–C) groups is 1. The Bertz CT molecular complexity index is 1580. The van der Waals surface area contributed by atoms with E-state index in [-0.39, 0.29) is 29.5 Å². The molecule has 1 aromatic heterocycles. The summed E-state index contributed by atoms with van der Waals surface area (Å²) in [4.78, 5) is 22.5. The van der Waals surface area contributed by atoms with Crippen LogP contribution in [0.25, 0.3) is 16.5 Å². The van der Waals surface area contributed by atoms with Crippen molar-refractivity contribution in [3.05, 3.63) is 77.0 Å². The molecule has 8 heteroatoms. The van der Waals surface area contributed by atoms with Gasteiger partial charge in [-0.3, -0.25) is 10.2 Å². The molecule has 1 atom stereocenters. The molecule has 0 radical (unpaired) electrons. The van der Waals surface area contributed by atoms with Crippen LogP contribution in [0.2, 0.25) is 0 Å². The normalized spacial score (nSPS) is 18.9. The van der Waals surface area contributed by atoms with Crippen LogP contribution in [0.4, 0.5) is 0 Å². The van der Waals surface area contributed by atoms with Crippen LogP contribution in [0.15, 0.2) is 59.7 Å². The number of amides is 1. The minimum atomic E-state index is -3.16. The number of H-pyrrole nitrogens is 1. The van der Waals surface area contributed by atoms with Gasteiger partial charge in [-0.15, -0.1) is 0 Å². The zero-order valence-electron chi connectivity index (χ0n) is 22.8. The molecule has 0 bridgehead atoms. The standard InChI is InChI=1S/C31H36N4O3S/c1-4-21-9-10-23(19-34-29(21)32)22-11-13-24(14-12-22)31(15-6-16-31)27-20-33-28-25(27)7-5-8-26(28)30(36)35(2)17-18-39(3,37)38/h5,7-8,10-14,19-21,32-33H,4,6,9,15-18H2,1-3H3. The smallest absolute Gasteiger partial charge is 0.255 e. The van der Waals surface area contributed by atoms with Crippen molar-refractivity contribution in [1.82, 2.24) is 9.88 Å². The van der Waals surface area contributed by atoms with E-state index >= 15 is 0 Å². The van der Waals surface area contributed by atoms with Gasteiger partial charge in [-0.05, 0) is 54.0 Å². The Labute approximate surface area is 230 Å². The summed E-state index contributed by atoms with van der Waals surface area (Å²) in [6, 6.07) is 14.5. The number of carbonyl (C=O) groups excluding carboxylic acids is 1. The molecule has 0 saturated heterocycles. The summed E-state index contributed by atoms with van der Waals surface area (Å²) >= 11 is 0. The highest BCUT2D eigenvalue weighted by Gasteiger charge is 2.42. The lowest BCUT2D eigenvalue weighted by molar-refractivity contribution is 0.0805. The fourth-order valence-electron chi connectivity index (χ4n) is 5.79. The maximum Gasteiger partial charge on any atom is 0.255 e. The minimum absolute atomic E-state index is 0.0647. The SMILES string of the molecule is CCC1CC=C(c2ccc(C3(c4c[nH]c5c(C(=O)N(C)CCS(C)(=O)=O)cccc45)CCC3)cc2)C=NC1=N. The van der Waals surface area contributed by atoms with Crippen molar-refractivity contribution in [2.24, 2.45) is 10.9 Å². The van der Waals surface area contributed by atoms with Crippen LogP contribution in [-0.4, -0.2) is 61.9 Å². The second-order valence-electron chi connectivity index (χ2n) is 10.9. The summed E-state index contributed by atoms with van der Waals surface area (Å²) in [7, 11) is -1.52. The molecule has 1 unspecified atom stereocenters. The van der Waals surface area contributed by atoms with Gasteiger partial charge in [-0.2, -0.15) is 0 Å². The zero-order chi connectivity index (χ0) is 27.8. The Morgan fingerprint density at radius 2 is 1.92 bits per heavy atom. The Hall–Kier alpha value is -3.52. The number of rotatable bonds is 8. The van der Waals surface area contributed by atoms with Crippen molar-refractivity contribution in [3.63, 3.8) is 0 Å². The number of allylic oxidation sites excluding steroid dienone is 2. The first-order valence-corrected chi connectivity index (χ1v) is 15.7. The van der Waals surface area contributed by atoms with Gasteiger partial charge in [0.2, 0.25) is 0 Å². The molecule has 2 aliphatic rings.